The van der Waals surface area contributed by atoms with Crippen LogP contribution in [0.4, 0.5) is 4.79 Å². The molecule has 1 aliphatic rings. The number of aliphatic hydroxyl groups excluding tert-OH is 1. The largest absolute Gasteiger partial charge is 0.444 e. The highest BCUT2D eigenvalue weighted by Gasteiger charge is 2.38. The van der Waals surface area contributed by atoms with Crippen LogP contribution in [-0.2, 0) is 35.0 Å². The predicted molar refractivity (Wildman–Crippen MR) is 155 cm³/mol. The molecule has 1 aliphatic carbocycles. The van der Waals surface area contributed by atoms with E-state index in [1.54, 1.807) is 0 Å². The minimum absolute atomic E-state index is 0.0182. The first-order chi connectivity index (χ1) is 18.3. The van der Waals surface area contributed by atoms with Crippen LogP contribution in [0.2, 0.25) is 0 Å². The number of aromatic nitrogens is 2. The minimum atomic E-state index is -0.842. The lowest BCUT2D eigenvalue weighted by Gasteiger charge is -2.40. The summed E-state index contributed by atoms with van der Waals surface area (Å²) >= 11 is 0. The number of carbonyl (C=O) groups is 1. The molecule has 210 valence electrons. The van der Waals surface area contributed by atoms with Crippen LogP contribution in [0.1, 0.15) is 75.9 Å². The molecule has 2 aromatic carbocycles. The van der Waals surface area contributed by atoms with E-state index in [1.807, 2.05) is 57.3 Å². The zero-order valence-corrected chi connectivity index (χ0v) is 24.2. The summed E-state index contributed by atoms with van der Waals surface area (Å²) in [5, 5.41) is 25.6. The van der Waals surface area contributed by atoms with Gasteiger partial charge in [-0.2, -0.15) is 5.10 Å². The molecule has 4 N–H and O–H groups in total. The molecular formula is C32H44N4O3. The SMILES string of the molecule is CC(C)(C)OC(=O)N[C@@H](Cc1ccccc1)[C@H](O)CNC1(c2cccc(C(C)(C)C)c2)CCc2[nH]ncc2C1. The number of carbonyl (C=O) groups excluding carboxylic acids is 1. The van der Waals surface area contributed by atoms with Gasteiger partial charge in [0.1, 0.15) is 5.60 Å². The Morgan fingerprint density at radius 3 is 2.54 bits per heavy atom. The number of aryl methyl sites for hydroxylation is 1. The lowest BCUT2D eigenvalue weighted by molar-refractivity contribution is 0.0411. The van der Waals surface area contributed by atoms with Gasteiger partial charge >= 0.3 is 6.09 Å². The van der Waals surface area contributed by atoms with Gasteiger partial charge in [-0.05, 0) is 74.1 Å². The second-order valence-corrected chi connectivity index (χ2v) is 12.9. The average molecular weight is 533 g/mol. The van der Waals surface area contributed by atoms with Crippen molar-refractivity contribution in [3.8, 4) is 0 Å². The topological polar surface area (TPSA) is 99.3 Å². The maximum atomic E-state index is 12.7. The number of ether oxygens (including phenoxy) is 1. The molecule has 7 nitrogen and oxygen atoms in total. The Labute approximate surface area is 232 Å². The van der Waals surface area contributed by atoms with E-state index in [9.17, 15) is 9.90 Å². The highest BCUT2D eigenvalue weighted by molar-refractivity contribution is 5.68. The van der Waals surface area contributed by atoms with Gasteiger partial charge in [0.2, 0.25) is 0 Å². The number of aliphatic hydroxyl groups is 1. The molecule has 1 amide bonds. The molecule has 1 aromatic heterocycles. The molecule has 0 radical (unpaired) electrons. The van der Waals surface area contributed by atoms with Gasteiger partial charge in [0.25, 0.3) is 0 Å². The Hall–Kier alpha value is -3.16. The normalized spacial score (nSPS) is 19.2. The molecule has 0 saturated heterocycles. The Morgan fingerprint density at radius 2 is 1.85 bits per heavy atom. The van der Waals surface area contributed by atoms with Crippen LogP contribution in [0.5, 0.6) is 0 Å². The zero-order valence-electron chi connectivity index (χ0n) is 24.2. The fraction of sp³-hybridized carbons (Fsp3) is 0.500. The van der Waals surface area contributed by atoms with Crippen molar-refractivity contribution in [2.45, 2.75) is 95.9 Å². The van der Waals surface area contributed by atoms with Gasteiger partial charge in [0.05, 0.1) is 18.3 Å². The third kappa shape index (κ3) is 7.49. The minimum Gasteiger partial charge on any atom is -0.444 e. The van der Waals surface area contributed by atoms with Crippen molar-refractivity contribution in [1.29, 1.82) is 0 Å². The molecule has 1 unspecified atom stereocenters. The van der Waals surface area contributed by atoms with Crippen LogP contribution in [0.3, 0.4) is 0 Å². The fourth-order valence-electron chi connectivity index (χ4n) is 5.29. The molecule has 0 bridgehead atoms. The van der Waals surface area contributed by atoms with Crippen molar-refractivity contribution in [3.63, 3.8) is 0 Å². The van der Waals surface area contributed by atoms with Crippen LogP contribution in [0.15, 0.2) is 60.8 Å². The van der Waals surface area contributed by atoms with Crippen LogP contribution < -0.4 is 10.6 Å². The number of hydrogen-bond acceptors (Lipinski definition) is 5. The monoisotopic (exact) mass is 532 g/mol. The van der Waals surface area contributed by atoms with Gasteiger partial charge in [-0.15, -0.1) is 0 Å². The maximum absolute atomic E-state index is 12.7. The van der Waals surface area contributed by atoms with E-state index in [4.69, 9.17) is 4.74 Å². The van der Waals surface area contributed by atoms with Crippen molar-refractivity contribution in [1.82, 2.24) is 20.8 Å². The van der Waals surface area contributed by atoms with E-state index in [-0.39, 0.29) is 11.0 Å². The van der Waals surface area contributed by atoms with Gasteiger partial charge < -0.3 is 20.5 Å². The molecule has 0 fully saturated rings. The summed E-state index contributed by atoms with van der Waals surface area (Å²) in [5.74, 6) is 0. The number of alkyl carbamates (subject to hydrolysis) is 1. The summed E-state index contributed by atoms with van der Waals surface area (Å²) < 4.78 is 5.52. The van der Waals surface area contributed by atoms with Crippen molar-refractivity contribution in [3.05, 3.63) is 88.7 Å². The highest BCUT2D eigenvalue weighted by Crippen LogP contribution is 2.37. The molecule has 4 rings (SSSR count). The summed E-state index contributed by atoms with van der Waals surface area (Å²) in [6.07, 6.45) is 3.52. The van der Waals surface area contributed by atoms with Gasteiger partial charge in [-0.1, -0.05) is 75.4 Å². The quantitative estimate of drug-likeness (QED) is 0.321. The molecule has 0 spiro atoms. The average Bonchev–Trinajstić information content (AvgIpc) is 3.33. The molecule has 0 aliphatic heterocycles. The van der Waals surface area contributed by atoms with Crippen LogP contribution in [-0.4, -0.2) is 45.7 Å². The van der Waals surface area contributed by atoms with Crippen molar-refractivity contribution in [2.24, 2.45) is 0 Å². The number of aromatic amines is 1. The van der Waals surface area contributed by atoms with Crippen molar-refractivity contribution >= 4 is 6.09 Å². The number of fused-ring (bicyclic) bond motifs is 1. The molecule has 3 aromatic rings. The molecule has 3 atom stereocenters. The molecule has 0 saturated carbocycles. The van der Waals surface area contributed by atoms with Crippen LogP contribution >= 0.6 is 0 Å². The second kappa shape index (κ2) is 11.5. The summed E-state index contributed by atoms with van der Waals surface area (Å²) in [6.45, 7) is 12.5. The number of amides is 1. The van der Waals surface area contributed by atoms with Gasteiger partial charge in [-0.25, -0.2) is 4.79 Å². The van der Waals surface area contributed by atoms with E-state index in [1.165, 1.54) is 22.4 Å². The van der Waals surface area contributed by atoms with Crippen molar-refractivity contribution < 1.29 is 14.6 Å². The third-order valence-electron chi connectivity index (χ3n) is 7.50. The first-order valence-corrected chi connectivity index (χ1v) is 13.9. The molecule has 1 heterocycles. The lowest BCUT2D eigenvalue weighted by atomic mass is 9.74. The fourth-order valence-corrected chi connectivity index (χ4v) is 5.29. The smallest absolute Gasteiger partial charge is 0.407 e. The number of H-pyrrole nitrogens is 1. The number of benzene rings is 2. The van der Waals surface area contributed by atoms with E-state index in [0.29, 0.717) is 13.0 Å². The Balaban J connectivity index is 1.59. The van der Waals surface area contributed by atoms with E-state index >= 15 is 0 Å². The van der Waals surface area contributed by atoms with E-state index < -0.39 is 23.8 Å². The first kappa shape index (κ1) is 28.8. The lowest BCUT2D eigenvalue weighted by Crippen LogP contribution is -2.54. The van der Waals surface area contributed by atoms with Crippen molar-refractivity contribution in [2.75, 3.05) is 6.54 Å². The first-order valence-electron chi connectivity index (χ1n) is 13.9. The highest BCUT2D eigenvalue weighted by atomic mass is 16.6. The van der Waals surface area contributed by atoms with Crippen LogP contribution in [0.25, 0.3) is 0 Å². The number of nitrogens with one attached hydrogen (secondary N) is 3. The summed E-state index contributed by atoms with van der Waals surface area (Å²) in [7, 11) is 0. The van der Waals surface area contributed by atoms with Gasteiger partial charge in [0, 0.05) is 17.8 Å². The van der Waals surface area contributed by atoms with Gasteiger partial charge in [-0.3, -0.25) is 5.10 Å². The maximum Gasteiger partial charge on any atom is 0.407 e. The Kier molecular flexibility index (Phi) is 8.52. The number of hydrogen-bond donors (Lipinski definition) is 4. The molecule has 7 heteroatoms. The molecule has 39 heavy (non-hydrogen) atoms. The van der Waals surface area contributed by atoms with Gasteiger partial charge in [0.15, 0.2) is 0 Å². The molecular weight excluding hydrogens is 488 g/mol. The number of nitrogens with zero attached hydrogens (tertiary/aromatic N) is 1. The van der Waals surface area contributed by atoms with Crippen LogP contribution in [0, 0.1) is 0 Å². The Bertz CT molecular complexity index is 1240. The standard InChI is InChI=1S/C32H44N4O3/c1-30(2,3)24-13-10-14-25(18-24)32(16-15-26-23(19-32)20-34-36-26)33-21-28(37)27(17-22-11-8-7-9-12-22)35-29(38)39-31(4,5)6/h7-14,18,20,27-28,33,37H,15-17,19,21H2,1-6H3,(H,34,36)(H,35,38)/t27-,28+,32?/m0/s1. The van der Waals surface area contributed by atoms with E-state index in [0.717, 1.165) is 24.8 Å². The predicted octanol–water partition coefficient (Wildman–Crippen LogP) is 5.18. The number of rotatable bonds is 8. The zero-order chi connectivity index (χ0) is 28.3. The Morgan fingerprint density at radius 1 is 1.10 bits per heavy atom. The second-order valence-electron chi connectivity index (χ2n) is 12.9. The summed E-state index contributed by atoms with van der Waals surface area (Å²) in [6, 6.07) is 18.2. The third-order valence-corrected chi connectivity index (χ3v) is 7.50. The summed E-state index contributed by atoms with van der Waals surface area (Å²) in [5.41, 5.74) is 4.89. The summed E-state index contributed by atoms with van der Waals surface area (Å²) in [4.78, 5) is 12.7. The van der Waals surface area contributed by atoms with E-state index in [2.05, 4.69) is 65.9 Å².